The van der Waals surface area contributed by atoms with Crippen LogP contribution in [-0.2, 0) is 6.42 Å². The Morgan fingerprint density at radius 3 is 2.64 bits per heavy atom. The molecule has 1 atom stereocenters. The average Bonchev–Trinajstić information content (AvgIpc) is 2.55. The van der Waals surface area contributed by atoms with E-state index in [9.17, 15) is 5.11 Å². The van der Waals surface area contributed by atoms with Gasteiger partial charge in [0.25, 0.3) is 0 Å². The van der Waals surface area contributed by atoms with Crippen LogP contribution in [0.1, 0.15) is 30.6 Å². The Kier molecular flexibility index (Phi) is 6.37. The van der Waals surface area contributed by atoms with Gasteiger partial charge in [0.2, 0.25) is 0 Å². The van der Waals surface area contributed by atoms with Crippen LogP contribution < -0.4 is 5.73 Å². The molecule has 3 N–H and O–H groups in total. The lowest BCUT2D eigenvalue weighted by molar-refractivity contribution is 0.144. The molecule has 0 fully saturated rings. The highest BCUT2D eigenvalue weighted by Crippen LogP contribution is 2.19. The fourth-order valence-corrected chi connectivity index (χ4v) is 2.50. The average molecular weight is 299 g/mol. The first-order chi connectivity index (χ1) is 10.7. The first kappa shape index (κ1) is 16.5. The van der Waals surface area contributed by atoms with Crippen LogP contribution in [0.3, 0.4) is 0 Å². The number of nitrogens with zero attached hydrogens (tertiary/aromatic N) is 2. The summed E-state index contributed by atoms with van der Waals surface area (Å²) < 4.78 is 0. The number of aliphatic hydroxyl groups excluding tert-OH is 1. The van der Waals surface area contributed by atoms with Crippen molar-refractivity contribution in [1.29, 1.82) is 0 Å². The molecule has 22 heavy (non-hydrogen) atoms. The van der Waals surface area contributed by atoms with Gasteiger partial charge in [-0.15, -0.1) is 0 Å². The summed E-state index contributed by atoms with van der Waals surface area (Å²) in [4.78, 5) is 6.39. The Hall–Kier alpha value is -1.91. The largest absolute Gasteiger partial charge is 0.399 e. The maximum absolute atomic E-state index is 10.3. The van der Waals surface area contributed by atoms with Gasteiger partial charge in [-0.25, -0.2) is 0 Å². The monoisotopic (exact) mass is 299 g/mol. The zero-order chi connectivity index (χ0) is 15.8. The van der Waals surface area contributed by atoms with Crippen LogP contribution in [0, 0.1) is 0 Å². The molecule has 0 amide bonds. The third kappa shape index (κ3) is 5.13. The Morgan fingerprint density at radius 2 is 1.95 bits per heavy atom. The van der Waals surface area contributed by atoms with Crippen LogP contribution in [0.5, 0.6) is 0 Å². The molecule has 1 unspecified atom stereocenters. The van der Waals surface area contributed by atoms with Crippen LogP contribution >= 0.6 is 0 Å². The molecule has 2 aromatic rings. The number of rotatable bonds is 8. The SMILES string of the molecule is CCN(CCc1ccncc1)CCC(O)c1cccc(N)c1. The van der Waals surface area contributed by atoms with Crippen LogP contribution in [-0.4, -0.2) is 34.6 Å². The fraction of sp³-hybridized carbons (Fsp3) is 0.389. The van der Waals surface area contributed by atoms with Gasteiger partial charge in [-0.1, -0.05) is 19.1 Å². The Balaban J connectivity index is 1.80. The number of nitrogen functional groups attached to an aromatic ring is 1. The van der Waals surface area contributed by atoms with Gasteiger partial charge in [-0.2, -0.15) is 0 Å². The number of nitrogens with two attached hydrogens (primary N) is 1. The second-order valence-electron chi connectivity index (χ2n) is 5.51. The quantitative estimate of drug-likeness (QED) is 0.736. The standard InChI is InChI=1S/C18H25N3O/c1-2-21(12-8-15-6-10-20-11-7-15)13-9-18(22)16-4-3-5-17(19)14-16/h3-7,10-11,14,18,22H,2,8-9,12-13,19H2,1H3. The van der Waals surface area contributed by atoms with Crippen LogP contribution in [0.25, 0.3) is 0 Å². The molecule has 0 bridgehead atoms. The van der Waals surface area contributed by atoms with Crippen molar-refractivity contribution in [2.24, 2.45) is 0 Å². The molecule has 1 heterocycles. The third-order valence-corrected chi connectivity index (χ3v) is 3.93. The second-order valence-corrected chi connectivity index (χ2v) is 5.51. The predicted octanol–water partition coefficient (Wildman–Crippen LogP) is 2.65. The molecule has 4 nitrogen and oxygen atoms in total. The van der Waals surface area contributed by atoms with Crippen molar-refractivity contribution >= 4 is 5.69 Å². The van der Waals surface area contributed by atoms with E-state index in [1.165, 1.54) is 5.56 Å². The lowest BCUT2D eigenvalue weighted by Gasteiger charge is -2.22. The number of hydrogen-bond acceptors (Lipinski definition) is 4. The number of aliphatic hydroxyl groups is 1. The summed E-state index contributed by atoms with van der Waals surface area (Å²) in [6.45, 7) is 5.00. The summed E-state index contributed by atoms with van der Waals surface area (Å²) in [6.07, 6.45) is 4.92. The number of likely N-dealkylation sites (N-methyl/N-ethyl adjacent to an activating group) is 1. The highest BCUT2D eigenvalue weighted by atomic mass is 16.3. The molecule has 0 saturated heterocycles. The van der Waals surface area contributed by atoms with E-state index in [0.29, 0.717) is 12.1 Å². The molecule has 0 aliphatic heterocycles. The first-order valence-corrected chi connectivity index (χ1v) is 7.83. The summed E-state index contributed by atoms with van der Waals surface area (Å²) in [5, 5.41) is 10.3. The third-order valence-electron chi connectivity index (χ3n) is 3.93. The van der Waals surface area contributed by atoms with E-state index in [0.717, 1.165) is 31.6 Å². The van der Waals surface area contributed by atoms with Gasteiger partial charge in [-0.3, -0.25) is 4.98 Å². The van der Waals surface area contributed by atoms with Crippen molar-refractivity contribution in [3.8, 4) is 0 Å². The van der Waals surface area contributed by atoms with E-state index in [4.69, 9.17) is 5.73 Å². The van der Waals surface area contributed by atoms with Crippen molar-refractivity contribution < 1.29 is 5.11 Å². The maximum atomic E-state index is 10.3. The molecule has 0 aliphatic rings. The smallest absolute Gasteiger partial charge is 0.0803 e. The van der Waals surface area contributed by atoms with E-state index in [1.54, 1.807) is 0 Å². The number of aromatic nitrogens is 1. The number of hydrogen-bond donors (Lipinski definition) is 2. The van der Waals surface area contributed by atoms with Crippen LogP contribution in [0.4, 0.5) is 5.69 Å². The molecule has 1 aromatic carbocycles. The molecule has 118 valence electrons. The van der Waals surface area contributed by atoms with Gasteiger partial charge in [0.05, 0.1) is 6.10 Å². The number of anilines is 1. The number of pyridine rings is 1. The van der Waals surface area contributed by atoms with Gasteiger partial charge in [0.15, 0.2) is 0 Å². The maximum Gasteiger partial charge on any atom is 0.0803 e. The molecule has 0 spiro atoms. The molecular formula is C18H25N3O. The molecule has 4 heteroatoms. The van der Waals surface area contributed by atoms with E-state index in [2.05, 4.69) is 28.9 Å². The molecule has 0 saturated carbocycles. The summed E-state index contributed by atoms with van der Waals surface area (Å²) >= 11 is 0. The summed E-state index contributed by atoms with van der Waals surface area (Å²) in [6, 6.07) is 11.6. The first-order valence-electron chi connectivity index (χ1n) is 7.83. The number of benzene rings is 1. The molecule has 2 rings (SSSR count). The fourth-order valence-electron chi connectivity index (χ4n) is 2.50. The summed E-state index contributed by atoms with van der Waals surface area (Å²) in [5.74, 6) is 0. The minimum Gasteiger partial charge on any atom is -0.399 e. The molecule has 1 aromatic heterocycles. The van der Waals surface area contributed by atoms with Crippen molar-refractivity contribution in [2.45, 2.75) is 25.9 Å². The highest BCUT2D eigenvalue weighted by Gasteiger charge is 2.10. The summed E-state index contributed by atoms with van der Waals surface area (Å²) in [5.41, 5.74) is 8.65. The van der Waals surface area contributed by atoms with Gasteiger partial charge in [-0.05, 0) is 54.8 Å². The predicted molar refractivity (Wildman–Crippen MR) is 90.5 cm³/mol. The Bertz CT molecular complexity index is 559. The van der Waals surface area contributed by atoms with E-state index < -0.39 is 6.10 Å². The lowest BCUT2D eigenvalue weighted by atomic mass is 10.1. The normalized spacial score (nSPS) is 12.5. The second kappa shape index (κ2) is 8.51. The molecule has 0 radical (unpaired) electrons. The van der Waals surface area contributed by atoms with Gasteiger partial charge < -0.3 is 15.7 Å². The summed E-state index contributed by atoms with van der Waals surface area (Å²) in [7, 11) is 0. The minimum absolute atomic E-state index is 0.460. The van der Waals surface area contributed by atoms with Gasteiger partial charge in [0, 0.05) is 31.2 Å². The topological polar surface area (TPSA) is 62.4 Å². The van der Waals surface area contributed by atoms with Crippen LogP contribution in [0.2, 0.25) is 0 Å². The van der Waals surface area contributed by atoms with E-state index in [1.807, 2.05) is 36.7 Å². The van der Waals surface area contributed by atoms with Crippen molar-refractivity contribution in [2.75, 3.05) is 25.4 Å². The lowest BCUT2D eigenvalue weighted by Crippen LogP contribution is -2.28. The van der Waals surface area contributed by atoms with Gasteiger partial charge >= 0.3 is 0 Å². The van der Waals surface area contributed by atoms with E-state index >= 15 is 0 Å². The van der Waals surface area contributed by atoms with E-state index in [-0.39, 0.29) is 0 Å². The zero-order valence-corrected chi connectivity index (χ0v) is 13.2. The van der Waals surface area contributed by atoms with Crippen molar-refractivity contribution in [1.82, 2.24) is 9.88 Å². The van der Waals surface area contributed by atoms with Gasteiger partial charge in [0.1, 0.15) is 0 Å². The zero-order valence-electron chi connectivity index (χ0n) is 13.2. The van der Waals surface area contributed by atoms with Crippen molar-refractivity contribution in [3.63, 3.8) is 0 Å². The Labute approximate surface area is 132 Å². The molecule has 0 aliphatic carbocycles. The minimum atomic E-state index is -0.460. The van der Waals surface area contributed by atoms with Crippen LogP contribution in [0.15, 0.2) is 48.8 Å². The molecular weight excluding hydrogens is 274 g/mol. The van der Waals surface area contributed by atoms with Crippen molar-refractivity contribution in [3.05, 3.63) is 59.9 Å². The Morgan fingerprint density at radius 1 is 1.18 bits per heavy atom. The highest BCUT2D eigenvalue weighted by molar-refractivity contribution is 5.41.